The molecule has 0 radical (unpaired) electrons. The van der Waals surface area contributed by atoms with E-state index < -0.39 is 5.97 Å². The summed E-state index contributed by atoms with van der Waals surface area (Å²) in [6.07, 6.45) is 3.23. The number of nitrogens with zero attached hydrogens (tertiary/aromatic N) is 2. The minimum absolute atomic E-state index is 0.0125. The first-order valence-electron chi connectivity index (χ1n) is 9.38. The monoisotopic (exact) mass is 404 g/mol. The number of amides is 2. The molecule has 2 fully saturated rings. The maximum absolute atomic E-state index is 12.5. The van der Waals surface area contributed by atoms with E-state index in [1.807, 2.05) is 6.07 Å². The molecule has 8 heteroatoms. The van der Waals surface area contributed by atoms with Crippen molar-refractivity contribution in [1.29, 1.82) is 5.26 Å². The Labute approximate surface area is 168 Å². The molecule has 1 aromatic carbocycles. The van der Waals surface area contributed by atoms with Crippen molar-refractivity contribution in [1.82, 2.24) is 4.90 Å². The van der Waals surface area contributed by atoms with Crippen molar-refractivity contribution < 1.29 is 23.9 Å². The summed E-state index contributed by atoms with van der Waals surface area (Å²) in [4.78, 5) is 38.4. The second-order valence-electron chi connectivity index (χ2n) is 6.88. The fourth-order valence-electron chi connectivity index (χ4n) is 3.81. The third-order valence-electron chi connectivity index (χ3n) is 5.13. The van der Waals surface area contributed by atoms with Crippen LogP contribution >= 0.6 is 11.6 Å². The van der Waals surface area contributed by atoms with Gasteiger partial charge in [-0.2, -0.15) is 5.26 Å². The molecular weight excluding hydrogens is 384 g/mol. The van der Waals surface area contributed by atoms with Crippen LogP contribution < -0.4 is 9.47 Å². The van der Waals surface area contributed by atoms with Crippen molar-refractivity contribution in [3.63, 3.8) is 0 Å². The molecule has 2 atom stereocenters. The highest BCUT2D eigenvalue weighted by molar-refractivity contribution is 6.32. The predicted octanol–water partition coefficient (Wildman–Crippen LogP) is 3.08. The molecule has 3 rings (SSSR count). The van der Waals surface area contributed by atoms with Gasteiger partial charge in [-0.3, -0.25) is 19.3 Å². The van der Waals surface area contributed by atoms with Crippen LogP contribution in [0.2, 0.25) is 5.02 Å². The molecule has 0 spiro atoms. The molecule has 1 aromatic rings. The van der Waals surface area contributed by atoms with Gasteiger partial charge >= 0.3 is 5.97 Å². The molecule has 0 N–H and O–H groups in total. The molecule has 0 unspecified atom stereocenters. The minimum atomic E-state index is -0.636. The fourth-order valence-corrected chi connectivity index (χ4v) is 4.06. The molecule has 2 amide bonds. The number of rotatable bonds is 6. The minimum Gasteiger partial charge on any atom is -0.490 e. The second-order valence-corrected chi connectivity index (χ2v) is 7.29. The second kappa shape index (κ2) is 8.61. The third kappa shape index (κ3) is 3.97. The summed E-state index contributed by atoms with van der Waals surface area (Å²) < 4.78 is 10.7. The molecule has 0 bridgehead atoms. The number of hydrogen-bond donors (Lipinski definition) is 0. The summed E-state index contributed by atoms with van der Waals surface area (Å²) in [5, 5.41) is 9.11. The zero-order valence-electron chi connectivity index (χ0n) is 15.6. The van der Waals surface area contributed by atoms with Gasteiger partial charge in [0, 0.05) is 12.6 Å². The number of esters is 1. The topological polar surface area (TPSA) is 96.7 Å². The molecule has 148 valence electrons. The Bertz CT molecular complexity index is 824. The summed E-state index contributed by atoms with van der Waals surface area (Å²) in [6, 6.07) is 4.78. The molecule has 7 nitrogen and oxygen atoms in total. The normalized spacial score (nSPS) is 21.2. The van der Waals surface area contributed by atoms with E-state index >= 15 is 0 Å². The van der Waals surface area contributed by atoms with Crippen molar-refractivity contribution in [2.24, 2.45) is 11.8 Å². The van der Waals surface area contributed by atoms with Crippen LogP contribution in [0.1, 0.15) is 44.6 Å². The molecule has 0 aromatic heterocycles. The first kappa shape index (κ1) is 20.2. The van der Waals surface area contributed by atoms with E-state index in [1.54, 1.807) is 6.92 Å². The Morgan fingerprint density at radius 1 is 1.25 bits per heavy atom. The average molecular weight is 405 g/mol. The Balaban J connectivity index is 1.66. The zero-order chi connectivity index (χ0) is 20.3. The van der Waals surface area contributed by atoms with Gasteiger partial charge in [0.15, 0.2) is 11.5 Å². The number of carbonyl (C=O) groups excluding carboxylic acids is 3. The summed E-state index contributed by atoms with van der Waals surface area (Å²) in [5.74, 6) is -1.27. The smallest absolute Gasteiger partial charge is 0.313 e. The molecule has 28 heavy (non-hydrogen) atoms. The standard InChI is InChI=1S/C20H21ClN2O5/c1-2-27-16-10-12(11-22)9-15(21)18(16)28-17(24)7-8-23-19(25)13-5-3-4-6-14(13)20(23)26/h9-10,13-14H,2-8H2,1H3/t13-,14-/m1/s1. The predicted molar refractivity (Wildman–Crippen MR) is 99.8 cm³/mol. The van der Waals surface area contributed by atoms with Crippen molar-refractivity contribution in [2.75, 3.05) is 13.2 Å². The van der Waals surface area contributed by atoms with Crippen LogP contribution in [-0.2, 0) is 14.4 Å². The third-order valence-corrected chi connectivity index (χ3v) is 5.41. The van der Waals surface area contributed by atoms with E-state index in [2.05, 4.69) is 0 Å². The van der Waals surface area contributed by atoms with Gasteiger partial charge in [-0.25, -0.2) is 0 Å². The Morgan fingerprint density at radius 2 is 1.89 bits per heavy atom. The van der Waals surface area contributed by atoms with Gasteiger partial charge in [0.2, 0.25) is 11.8 Å². The average Bonchev–Trinajstić information content (AvgIpc) is 2.93. The molecule has 1 heterocycles. The van der Waals surface area contributed by atoms with Gasteiger partial charge in [-0.05, 0) is 25.8 Å². The van der Waals surface area contributed by atoms with Crippen LogP contribution in [0.5, 0.6) is 11.5 Å². The van der Waals surface area contributed by atoms with Crippen molar-refractivity contribution in [3.05, 3.63) is 22.7 Å². The van der Waals surface area contributed by atoms with Crippen molar-refractivity contribution >= 4 is 29.4 Å². The number of benzene rings is 1. The van der Waals surface area contributed by atoms with E-state index in [4.69, 9.17) is 26.3 Å². The summed E-state index contributed by atoms with van der Waals surface area (Å²) >= 11 is 6.12. The highest BCUT2D eigenvalue weighted by Crippen LogP contribution is 2.39. The number of halogens is 1. The summed E-state index contributed by atoms with van der Waals surface area (Å²) in [6.45, 7) is 2.04. The zero-order valence-corrected chi connectivity index (χ0v) is 16.3. The van der Waals surface area contributed by atoms with E-state index in [1.165, 1.54) is 17.0 Å². The Hall–Kier alpha value is -2.59. The SMILES string of the molecule is CCOc1cc(C#N)cc(Cl)c1OC(=O)CCN1C(=O)[C@@H]2CCCC[C@H]2C1=O. The van der Waals surface area contributed by atoms with E-state index in [0.29, 0.717) is 6.61 Å². The van der Waals surface area contributed by atoms with E-state index in [0.717, 1.165) is 25.7 Å². The Morgan fingerprint density at radius 3 is 2.46 bits per heavy atom. The highest BCUT2D eigenvalue weighted by Gasteiger charge is 2.47. The number of ether oxygens (including phenoxy) is 2. The quantitative estimate of drug-likeness (QED) is 0.410. The van der Waals surface area contributed by atoms with Crippen LogP contribution in [0.4, 0.5) is 0 Å². The maximum Gasteiger partial charge on any atom is 0.313 e. The van der Waals surface area contributed by atoms with E-state index in [9.17, 15) is 14.4 Å². The van der Waals surface area contributed by atoms with Crippen LogP contribution in [0.25, 0.3) is 0 Å². The lowest BCUT2D eigenvalue weighted by Gasteiger charge is -2.19. The number of carbonyl (C=O) groups is 3. The summed E-state index contributed by atoms with van der Waals surface area (Å²) in [5.41, 5.74) is 0.282. The summed E-state index contributed by atoms with van der Waals surface area (Å²) in [7, 11) is 0. The van der Waals surface area contributed by atoms with Gasteiger partial charge in [0.05, 0.1) is 41.5 Å². The maximum atomic E-state index is 12.5. The Kier molecular flexibility index (Phi) is 6.20. The van der Waals surface area contributed by atoms with Crippen LogP contribution in [0.15, 0.2) is 12.1 Å². The first-order valence-corrected chi connectivity index (χ1v) is 9.76. The molecule has 1 aliphatic heterocycles. The first-order chi connectivity index (χ1) is 13.5. The molecular formula is C20H21ClN2O5. The number of fused-ring (bicyclic) bond motifs is 1. The van der Waals surface area contributed by atoms with Gasteiger partial charge in [0.25, 0.3) is 0 Å². The lowest BCUT2D eigenvalue weighted by molar-refractivity contribution is -0.141. The van der Waals surface area contributed by atoms with Crippen LogP contribution in [0.3, 0.4) is 0 Å². The lowest BCUT2D eigenvalue weighted by Crippen LogP contribution is -2.33. The number of imide groups is 1. The van der Waals surface area contributed by atoms with Crippen molar-refractivity contribution in [2.45, 2.75) is 39.0 Å². The number of likely N-dealkylation sites (tertiary alicyclic amines) is 1. The van der Waals surface area contributed by atoms with Gasteiger partial charge in [0.1, 0.15) is 0 Å². The van der Waals surface area contributed by atoms with Gasteiger partial charge in [-0.1, -0.05) is 24.4 Å². The van der Waals surface area contributed by atoms with Crippen LogP contribution in [0, 0.1) is 23.2 Å². The van der Waals surface area contributed by atoms with Gasteiger partial charge in [-0.15, -0.1) is 0 Å². The van der Waals surface area contributed by atoms with Gasteiger partial charge < -0.3 is 9.47 Å². The molecule has 1 aliphatic carbocycles. The number of hydrogen-bond acceptors (Lipinski definition) is 6. The lowest BCUT2D eigenvalue weighted by atomic mass is 9.81. The van der Waals surface area contributed by atoms with Crippen LogP contribution in [-0.4, -0.2) is 35.8 Å². The largest absolute Gasteiger partial charge is 0.490 e. The molecule has 2 aliphatic rings. The van der Waals surface area contributed by atoms with E-state index in [-0.39, 0.29) is 58.7 Å². The van der Waals surface area contributed by atoms with Crippen molar-refractivity contribution in [3.8, 4) is 17.6 Å². The number of nitriles is 1. The highest BCUT2D eigenvalue weighted by atomic mass is 35.5. The fraction of sp³-hybridized carbons (Fsp3) is 0.500. The molecule has 1 saturated carbocycles. The molecule has 1 saturated heterocycles.